The molecule has 0 saturated heterocycles. The summed E-state index contributed by atoms with van der Waals surface area (Å²) in [6.07, 6.45) is 2.49. The summed E-state index contributed by atoms with van der Waals surface area (Å²) in [5.74, 6) is 0.510. The summed E-state index contributed by atoms with van der Waals surface area (Å²) in [7, 11) is 0. The molecule has 1 N–H and O–H groups in total. The van der Waals surface area contributed by atoms with Gasteiger partial charge in [0.05, 0.1) is 13.2 Å². The second-order valence-corrected chi connectivity index (χ2v) is 3.69. The predicted molar refractivity (Wildman–Crippen MR) is 67.5 cm³/mol. The average Bonchev–Trinajstić information content (AvgIpc) is 2.37. The van der Waals surface area contributed by atoms with E-state index < -0.39 is 6.04 Å². The Labute approximate surface area is 107 Å². The zero-order valence-corrected chi connectivity index (χ0v) is 11.0. The molecular formula is C12H19N3O3. The van der Waals surface area contributed by atoms with E-state index in [1.54, 1.807) is 26.1 Å². The number of nitrogens with zero attached hydrogens (tertiary/aromatic N) is 2. The maximum Gasteiger partial charge on any atom is 0.328 e. The van der Waals surface area contributed by atoms with Gasteiger partial charge in [-0.25, -0.2) is 9.78 Å². The van der Waals surface area contributed by atoms with Gasteiger partial charge in [0, 0.05) is 12.3 Å². The number of carbonyl (C=O) groups excluding carboxylic acids is 1. The van der Waals surface area contributed by atoms with Gasteiger partial charge < -0.3 is 14.8 Å². The molecule has 1 heterocycles. The van der Waals surface area contributed by atoms with Crippen molar-refractivity contribution >= 4 is 11.9 Å². The van der Waals surface area contributed by atoms with E-state index in [1.807, 2.05) is 6.92 Å². The SMILES string of the molecule is CCCOc1ccnc(NC(C)C(=O)OCC)n1. The molecule has 0 amide bonds. The molecule has 1 rings (SSSR count). The number of hydrogen-bond donors (Lipinski definition) is 1. The smallest absolute Gasteiger partial charge is 0.328 e. The lowest BCUT2D eigenvalue weighted by Crippen LogP contribution is -2.29. The number of carbonyl (C=O) groups is 1. The highest BCUT2D eigenvalue weighted by atomic mass is 16.5. The lowest BCUT2D eigenvalue weighted by Gasteiger charge is -2.12. The monoisotopic (exact) mass is 253 g/mol. The fraction of sp³-hybridized carbons (Fsp3) is 0.583. The van der Waals surface area contributed by atoms with Crippen LogP contribution in [0.2, 0.25) is 0 Å². The van der Waals surface area contributed by atoms with Gasteiger partial charge in [-0.05, 0) is 20.3 Å². The van der Waals surface area contributed by atoms with Gasteiger partial charge in [0.1, 0.15) is 6.04 Å². The molecule has 0 bridgehead atoms. The molecule has 0 spiro atoms. The van der Waals surface area contributed by atoms with Crippen molar-refractivity contribution in [3.63, 3.8) is 0 Å². The Hall–Kier alpha value is -1.85. The molecule has 6 nitrogen and oxygen atoms in total. The van der Waals surface area contributed by atoms with Gasteiger partial charge in [-0.2, -0.15) is 4.98 Å². The van der Waals surface area contributed by atoms with Gasteiger partial charge in [-0.15, -0.1) is 0 Å². The molecule has 18 heavy (non-hydrogen) atoms. The van der Waals surface area contributed by atoms with Crippen LogP contribution in [-0.4, -0.2) is 35.2 Å². The number of aromatic nitrogens is 2. The second-order valence-electron chi connectivity index (χ2n) is 3.69. The van der Waals surface area contributed by atoms with Crippen LogP contribution in [0.15, 0.2) is 12.3 Å². The second kappa shape index (κ2) is 7.47. The summed E-state index contributed by atoms with van der Waals surface area (Å²) in [6, 6.07) is 1.18. The maximum absolute atomic E-state index is 11.4. The zero-order chi connectivity index (χ0) is 13.4. The topological polar surface area (TPSA) is 73.3 Å². The lowest BCUT2D eigenvalue weighted by atomic mass is 10.3. The van der Waals surface area contributed by atoms with E-state index in [1.165, 1.54) is 0 Å². The quantitative estimate of drug-likeness (QED) is 0.744. The van der Waals surface area contributed by atoms with Crippen molar-refractivity contribution in [3.8, 4) is 5.88 Å². The van der Waals surface area contributed by atoms with Gasteiger partial charge in [0.15, 0.2) is 0 Å². The highest BCUT2D eigenvalue weighted by molar-refractivity contribution is 5.78. The van der Waals surface area contributed by atoms with Crippen molar-refractivity contribution in [2.24, 2.45) is 0 Å². The van der Waals surface area contributed by atoms with Crippen LogP contribution in [0.4, 0.5) is 5.95 Å². The minimum Gasteiger partial charge on any atom is -0.478 e. The predicted octanol–water partition coefficient (Wildman–Crippen LogP) is 1.63. The minimum absolute atomic E-state index is 0.332. The number of hydrogen-bond acceptors (Lipinski definition) is 6. The summed E-state index contributed by atoms with van der Waals surface area (Å²) in [5, 5.41) is 2.87. The van der Waals surface area contributed by atoms with Crippen LogP contribution in [-0.2, 0) is 9.53 Å². The molecule has 100 valence electrons. The van der Waals surface area contributed by atoms with Gasteiger partial charge in [0.25, 0.3) is 0 Å². The Morgan fingerprint density at radius 1 is 1.50 bits per heavy atom. The number of rotatable bonds is 7. The van der Waals surface area contributed by atoms with Gasteiger partial charge >= 0.3 is 5.97 Å². The van der Waals surface area contributed by atoms with E-state index in [9.17, 15) is 4.79 Å². The Morgan fingerprint density at radius 2 is 2.28 bits per heavy atom. The van der Waals surface area contributed by atoms with Crippen LogP contribution in [0.25, 0.3) is 0 Å². The molecule has 0 radical (unpaired) electrons. The molecule has 1 aromatic rings. The molecule has 1 unspecified atom stereocenters. The summed E-state index contributed by atoms with van der Waals surface area (Å²) < 4.78 is 10.3. The van der Waals surface area contributed by atoms with E-state index in [2.05, 4.69) is 15.3 Å². The van der Waals surface area contributed by atoms with Gasteiger partial charge in [0.2, 0.25) is 11.8 Å². The average molecular weight is 253 g/mol. The first-order chi connectivity index (χ1) is 8.67. The molecule has 0 fully saturated rings. The van der Waals surface area contributed by atoms with Crippen molar-refractivity contribution in [1.82, 2.24) is 9.97 Å². The largest absolute Gasteiger partial charge is 0.478 e. The fourth-order valence-electron chi connectivity index (χ4n) is 1.22. The van der Waals surface area contributed by atoms with Crippen molar-refractivity contribution in [3.05, 3.63) is 12.3 Å². The maximum atomic E-state index is 11.4. The highest BCUT2D eigenvalue weighted by Crippen LogP contribution is 2.09. The number of ether oxygens (including phenoxy) is 2. The van der Waals surface area contributed by atoms with Gasteiger partial charge in [-0.3, -0.25) is 0 Å². The lowest BCUT2D eigenvalue weighted by molar-refractivity contribution is -0.143. The van der Waals surface area contributed by atoms with Crippen molar-refractivity contribution in [2.75, 3.05) is 18.5 Å². The normalized spacial score (nSPS) is 11.7. The first-order valence-corrected chi connectivity index (χ1v) is 6.06. The molecule has 0 saturated carbocycles. The molecule has 0 aliphatic heterocycles. The van der Waals surface area contributed by atoms with E-state index in [-0.39, 0.29) is 5.97 Å². The van der Waals surface area contributed by atoms with Crippen molar-refractivity contribution in [2.45, 2.75) is 33.2 Å². The third-order valence-electron chi connectivity index (χ3n) is 2.07. The highest BCUT2D eigenvalue weighted by Gasteiger charge is 2.14. The van der Waals surface area contributed by atoms with Crippen LogP contribution >= 0.6 is 0 Å². The van der Waals surface area contributed by atoms with Crippen molar-refractivity contribution in [1.29, 1.82) is 0 Å². The van der Waals surface area contributed by atoms with E-state index in [0.717, 1.165) is 6.42 Å². The Morgan fingerprint density at radius 3 is 2.94 bits per heavy atom. The Bertz CT molecular complexity index is 385. The number of nitrogens with one attached hydrogen (secondary N) is 1. The first kappa shape index (κ1) is 14.2. The fourth-order valence-corrected chi connectivity index (χ4v) is 1.22. The van der Waals surface area contributed by atoms with E-state index in [4.69, 9.17) is 9.47 Å². The minimum atomic E-state index is -0.494. The van der Waals surface area contributed by atoms with Crippen LogP contribution in [0, 0.1) is 0 Å². The molecule has 1 atom stereocenters. The Balaban J connectivity index is 2.58. The first-order valence-electron chi connectivity index (χ1n) is 6.06. The van der Waals surface area contributed by atoms with Crippen molar-refractivity contribution < 1.29 is 14.3 Å². The molecular weight excluding hydrogens is 234 g/mol. The molecule has 6 heteroatoms. The van der Waals surface area contributed by atoms with Crippen LogP contribution in [0.3, 0.4) is 0 Å². The van der Waals surface area contributed by atoms with Gasteiger partial charge in [-0.1, -0.05) is 6.92 Å². The van der Waals surface area contributed by atoms with Crippen LogP contribution in [0.1, 0.15) is 27.2 Å². The number of anilines is 1. The Kier molecular flexibility index (Phi) is 5.90. The van der Waals surface area contributed by atoms with Crippen LogP contribution in [0.5, 0.6) is 5.88 Å². The van der Waals surface area contributed by atoms with E-state index in [0.29, 0.717) is 25.0 Å². The van der Waals surface area contributed by atoms with Crippen LogP contribution < -0.4 is 10.1 Å². The summed E-state index contributed by atoms with van der Waals surface area (Å²) in [5.41, 5.74) is 0. The summed E-state index contributed by atoms with van der Waals surface area (Å²) in [6.45, 7) is 6.43. The van der Waals surface area contributed by atoms with E-state index >= 15 is 0 Å². The summed E-state index contributed by atoms with van der Waals surface area (Å²) >= 11 is 0. The molecule has 0 aromatic carbocycles. The zero-order valence-electron chi connectivity index (χ0n) is 11.0. The third kappa shape index (κ3) is 4.57. The standard InChI is InChI=1S/C12H19N3O3/c1-4-8-18-10-6-7-13-12(15-10)14-9(3)11(16)17-5-2/h6-7,9H,4-5,8H2,1-3H3,(H,13,14,15). The molecule has 0 aliphatic carbocycles. The summed E-state index contributed by atoms with van der Waals surface area (Å²) in [4.78, 5) is 19.6. The molecule has 0 aliphatic rings. The molecule has 1 aromatic heterocycles. The number of esters is 1. The third-order valence-corrected chi connectivity index (χ3v) is 2.07.